The summed E-state index contributed by atoms with van der Waals surface area (Å²) in [6.45, 7) is 0.352. The Bertz CT molecular complexity index is 725. The first-order chi connectivity index (χ1) is 13.6. The number of nitrogens with one attached hydrogen (secondary N) is 2. The summed E-state index contributed by atoms with van der Waals surface area (Å²) in [5.74, 6) is -0.338. The van der Waals surface area contributed by atoms with Crippen molar-refractivity contribution in [3.05, 3.63) is 71.8 Å². The quantitative estimate of drug-likeness (QED) is 0.466. The molecular weight excluding hydrogens is 358 g/mol. The van der Waals surface area contributed by atoms with Gasteiger partial charge in [-0.2, -0.15) is 0 Å². The predicted octanol–water partition coefficient (Wildman–Crippen LogP) is 1.87. The van der Waals surface area contributed by atoms with Gasteiger partial charge < -0.3 is 26.2 Å². The number of aliphatic hydroxyl groups is 1. The maximum Gasteiger partial charge on any atom is 0.407 e. The summed E-state index contributed by atoms with van der Waals surface area (Å²) in [5, 5.41) is 14.9. The molecule has 2 atom stereocenters. The number of hydrogen-bond donors (Lipinski definition) is 4. The number of nitrogens with two attached hydrogens (primary N) is 1. The fourth-order valence-corrected chi connectivity index (χ4v) is 2.62. The Morgan fingerprint density at radius 1 is 1.04 bits per heavy atom. The van der Waals surface area contributed by atoms with E-state index in [0.717, 1.165) is 11.1 Å². The van der Waals surface area contributed by atoms with E-state index in [1.54, 1.807) is 0 Å². The van der Waals surface area contributed by atoms with Gasteiger partial charge in [-0.05, 0) is 24.0 Å². The highest BCUT2D eigenvalue weighted by atomic mass is 16.5. The summed E-state index contributed by atoms with van der Waals surface area (Å²) < 4.78 is 5.11. The van der Waals surface area contributed by atoms with E-state index in [4.69, 9.17) is 10.5 Å². The van der Waals surface area contributed by atoms with Crippen LogP contribution in [0.2, 0.25) is 0 Å². The van der Waals surface area contributed by atoms with E-state index in [-0.39, 0.29) is 19.1 Å². The molecule has 0 aliphatic heterocycles. The van der Waals surface area contributed by atoms with Crippen LogP contribution in [0.5, 0.6) is 0 Å². The van der Waals surface area contributed by atoms with Gasteiger partial charge in [-0.3, -0.25) is 4.79 Å². The molecular formula is C21H27N3O4. The molecule has 0 unspecified atom stereocenters. The third kappa shape index (κ3) is 7.38. The monoisotopic (exact) mass is 385 g/mol. The third-order valence-corrected chi connectivity index (χ3v) is 4.21. The Kier molecular flexibility index (Phi) is 8.97. The molecule has 0 aliphatic carbocycles. The van der Waals surface area contributed by atoms with Gasteiger partial charge in [0.25, 0.3) is 0 Å². The highest BCUT2D eigenvalue weighted by Gasteiger charge is 2.18. The zero-order valence-corrected chi connectivity index (χ0v) is 15.7. The van der Waals surface area contributed by atoms with Crippen LogP contribution in [0.1, 0.15) is 30.0 Å². The van der Waals surface area contributed by atoms with Crippen molar-refractivity contribution >= 4 is 12.0 Å². The molecule has 2 aromatic carbocycles. The zero-order valence-electron chi connectivity index (χ0n) is 15.7. The van der Waals surface area contributed by atoms with Crippen LogP contribution in [-0.4, -0.2) is 36.3 Å². The van der Waals surface area contributed by atoms with Gasteiger partial charge >= 0.3 is 6.09 Å². The molecule has 7 heteroatoms. The number of carbonyl (C=O) groups excluding carboxylic acids is 2. The highest BCUT2D eigenvalue weighted by molar-refractivity contribution is 5.81. The number of rotatable bonds is 10. The Hall–Kier alpha value is -2.90. The fraction of sp³-hybridized carbons (Fsp3) is 0.333. The normalized spacial score (nSPS) is 12.6. The van der Waals surface area contributed by atoms with E-state index in [2.05, 4.69) is 10.6 Å². The van der Waals surface area contributed by atoms with Crippen LogP contribution in [-0.2, 0) is 16.1 Å². The average molecular weight is 385 g/mol. The minimum atomic E-state index is -0.722. The van der Waals surface area contributed by atoms with Crippen LogP contribution in [0.4, 0.5) is 4.79 Å². The Balaban J connectivity index is 1.63. The number of aliphatic hydroxyl groups excluding tert-OH is 1. The molecule has 0 saturated carbocycles. The van der Waals surface area contributed by atoms with Crippen molar-refractivity contribution in [3.63, 3.8) is 0 Å². The maximum absolute atomic E-state index is 12.2. The largest absolute Gasteiger partial charge is 0.445 e. The van der Waals surface area contributed by atoms with E-state index in [1.807, 2.05) is 60.7 Å². The molecule has 0 radical (unpaired) electrons. The number of amides is 2. The Labute approximate surface area is 164 Å². The third-order valence-electron chi connectivity index (χ3n) is 4.21. The number of hydrogen-bond acceptors (Lipinski definition) is 5. The fourth-order valence-electron chi connectivity index (χ4n) is 2.62. The molecule has 0 saturated heterocycles. The molecule has 150 valence electrons. The molecule has 2 rings (SSSR count). The van der Waals surface area contributed by atoms with Crippen LogP contribution in [0.25, 0.3) is 0 Å². The lowest BCUT2D eigenvalue weighted by Crippen LogP contribution is -2.43. The van der Waals surface area contributed by atoms with Crippen LogP contribution in [0.15, 0.2) is 60.7 Å². The molecule has 0 aliphatic rings. The van der Waals surface area contributed by atoms with Crippen molar-refractivity contribution in [2.24, 2.45) is 5.73 Å². The number of alkyl carbamates (subject to hydrolysis) is 1. The van der Waals surface area contributed by atoms with E-state index >= 15 is 0 Å². The minimum absolute atomic E-state index is 0.205. The van der Waals surface area contributed by atoms with Gasteiger partial charge in [0.05, 0.1) is 18.7 Å². The molecule has 2 aromatic rings. The smallest absolute Gasteiger partial charge is 0.407 e. The van der Waals surface area contributed by atoms with Gasteiger partial charge in [0.15, 0.2) is 0 Å². The first-order valence-corrected chi connectivity index (χ1v) is 9.26. The lowest BCUT2D eigenvalue weighted by Gasteiger charge is -2.19. The van der Waals surface area contributed by atoms with Gasteiger partial charge in [0, 0.05) is 6.54 Å². The highest BCUT2D eigenvalue weighted by Crippen LogP contribution is 2.12. The Morgan fingerprint density at radius 2 is 1.68 bits per heavy atom. The van der Waals surface area contributed by atoms with E-state index < -0.39 is 18.2 Å². The van der Waals surface area contributed by atoms with Crippen molar-refractivity contribution in [2.45, 2.75) is 31.5 Å². The van der Waals surface area contributed by atoms with Gasteiger partial charge in [-0.25, -0.2) is 4.79 Å². The van der Waals surface area contributed by atoms with Gasteiger partial charge in [-0.1, -0.05) is 60.7 Å². The van der Waals surface area contributed by atoms with Crippen LogP contribution in [0, 0.1) is 0 Å². The standard InChI is InChI=1S/C21H27N3O4/c22-18(20(26)24-19(14-25)17-10-5-2-6-11-17)12-7-13-23-21(27)28-15-16-8-3-1-4-9-16/h1-6,8-11,18-19,25H,7,12-15,22H2,(H,23,27)(H,24,26)/t18-,19+/m1/s1. The minimum Gasteiger partial charge on any atom is -0.445 e. The molecule has 0 spiro atoms. The molecule has 5 N–H and O–H groups in total. The van der Waals surface area contributed by atoms with Crippen molar-refractivity contribution in [2.75, 3.05) is 13.2 Å². The lowest BCUT2D eigenvalue weighted by atomic mass is 10.1. The van der Waals surface area contributed by atoms with Gasteiger partial charge in [0.1, 0.15) is 6.61 Å². The van der Waals surface area contributed by atoms with Crippen LogP contribution in [0.3, 0.4) is 0 Å². The van der Waals surface area contributed by atoms with E-state index in [0.29, 0.717) is 19.4 Å². The molecule has 0 heterocycles. The summed E-state index contributed by atoms with van der Waals surface area (Å²) in [7, 11) is 0. The number of benzene rings is 2. The number of ether oxygens (including phenoxy) is 1. The lowest BCUT2D eigenvalue weighted by molar-refractivity contribution is -0.123. The van der Waals surface area contributed by atoms with Crippen molar-refractivity contribution in [3.8, 4) is 0 Å². The number of carbonyl (C=O) groups is 2. The molecule has 2 amide bonds. The topological polar surface area (TPSA) is 114 Å². The van der Waals surface area contributed by atoms with Crippen molar-refractivity contribution in [1.29, 1.82) is 0 Å². The SMILES string of the molecule is N[C@H](CCCNC(=O)OCc1ccccc1)C(=O)N[C@@H](CO)c1ccccc1. The van der Waals surface area contributed by atoms with Crippen LogP contribution >= 0.6 is 0 Å². The summed E-state index contributed by atoms with van der Waals surface area (Å²) in [5.41, 5.74) is 7.64. The summed E-state index contributed by atoms with van der Waals surface area (Å²) in [6, 6.07) is 17.4. The molecule has 0 fully saturated rings. The van der Waals surface area contributed by atoms with Crippen molar-refractivity contribution < 1.29 is 19.4 Å². The Morgan fingerprint density at radius 3 is 2.32 bits per heavy atom. The molecule has 0 bridgehead atoms. The second-order valence-corrected chi connectivity index (χ2v) is 6.39. The maximum atomic E-state index is 12.2. The predicted molar refractivity (Wildman–Crippen MR) is 106 cm³/mol. The van der Waals surface area contributed by atoms with E-state index in [9.17, 15) is 14.7 Å². The first-order valence-electron chi connectivity index (χ1n) is 9.26. The zero-order chi connectivity index (χ0) is 20.2. The summed E-state index contributed by atoms with van der Waals surface area (Å²) in [6.07, 6.45) is 0.424. The second kappa shape index (κ2) is 11.7. The first kappa shape index (κ1) is 21.4. The second-order valence-electron chi connectivity index (χ2n) is 6.39. The molecule has 0 aromatic heterocycles. The molecule has 7 nitrogen and oxygen atoms in total. The van der Waals surface area contributed by atoms with Gasteiger partial charge in [-0.15, -0.1) is 0 Å². The summed E-state index contributed by atoms with van der Waals surface area (Å²) in [4.78, 5) is 23.9. The average Bonchev–Trinajstić information content (AvgIpc) is 2.74. The van der Waals surface area contributed by atoms with Crippen LogP contribution < -0.4 is 16.4 Å². The molecule has 28 heavy (non-hydrogen) atoms. The summed E-state index contributed by atoms with van der Waals surface area (Å²) >= 11 is 0. The van der Waals surface area contributed by atoms with Crippen molar-refractivity contribution in [1.82, 2.24) is 10.6 Å². The van der Waals surface area contributed by atoms with E-state index in [1.165, 1.54) is 0 Å². The van der Waals surface area contributed by atoms with Gasteiger partial charge in [0.2, 0.25) is 5.91 Å².